The van der Waals surface area contributed by atoms with E-state index in [2.05, 4.69) is 62.2 Å². The highest BCUT2D eigenvalue weighted by molar-refractivity contribution is 7.14. The lowest BCUT2D eigenvalue weighted by Gasteiger charge is -2.33. The topological polar surface area (TPSA) is 70.4 Å². The molecule has 4 heterocycles. The third-order valence-electron chi connectivity index (χ3n) is 5.45. The Bertz CT molecular complexity index is 984. The van der Waals surface area contributed by atoms with Gasteiger partial charge in [0.1, 0.15) is 0 Å². The number of aromatic nitrogens is 3. The van der Waals surface area contributed by atoms with Gasteiger partial charge in [-0.1, -0.05) is 6.07 Å². The zero-order valence-corrected chi connectivity index (χ0v) is 19.3. The minimum atomic E-state index is 0.445. The second kappa shape index (κ2) is 9.96. The number of aliphatic imine (C=N–C) groups is 1. The molecule has 4 rings (SSSR count). The molecule has 0 saturated carbocycles. The Hall–Kier alpha value is -2.87. The van der Waals surface area contributed by atoms with Gasteiger partial charge >= 0.3 is 0 Å². The third kappa shape index (κ3) is 5.44. The first kappa shape index (κ1) is 21.4. The van der Waals surface area contributed by atoms with E-state index in [-0.39, 0.29) is 0 Å². The molecule has 1 aliphatic heterocycles. The van der Waals surface area contributed by atoms with Crippen molar-refractivity contribution in [3.63, 3.8) is 0 Å². The quantitative estimate of drug-likeness (QED) is 0.455. The third-order valence-corrected chi connectivity index (χ3v) is 6.38. The van der Waals surface area contributed by atoms with Crippen molar-refractivity contribution < 1.29 is 0 Å². The van der Waals surface area contributed by atoms with Crippen molar-refractivity contribution in [2.24, 2.45) is 4.99 Å². The van der Waals surface area contributed by atoms with Gasteiger partial charge in [-0.15, -0.1) is 11.3 Å². The van der Waals surface area contributed by atoms with Crippen LogP contribution in [0, 0.1) is 13.8 Å². The van der Waals surface area contributed by atoms with E-state index >= 15 is 0 Å². The van der Waals surface area contributed by atoms with Crippen LogP contribution in [0.3, 0.4) is 0 Å². The SMILES string of the molecule is CCNC(=NCc1ccc(-n2nc(C)cc2C)nc1)NC1CCN(c2cccs2)CC1. The van der Waals surface area contributed by atoms with Crippen LogP contribution in [0.4, 0.5) is 5.00 Å². The van der Waals surface area contributed by atoms with Crippen LogP contribution in [0.5, 0.6) is 0 Å². The number of pyridine rings is 1. The van der Waals surface area contributed by atoms with Gasteiger partial charge in [-0.2, -0.15) is 5.10 Å². The van der Waals surface area contributed by atoms with Crippen molar-refractivity contribution in [2.45, 2.75) is 46.2 Å². The Morgan fingerprint density at radius 3 is 2.68 bits per heavy atom. The summed E-state index contributed by atoms with van der Waals surface area (Å²) in [5, 5.41) is 15.0. The molecule has 0 atom stereocenters. The normalized spacial score (nSPS) is 15.3. The number of aryl methyl sites for hydroxylation is 2. The van der Waals surface area contributed by atoms with Crippen LogP contribution in [0.25, 0.3) is 5.82 Å². The van der Waals surface area contributed by atoms with E-state index in [0.29, 0.717) is 12.6 Å². The maximum absolute atomic E-state index is 4.79. The molecule has 0 amide bonds. The van der Waals surface area contributed by atoms with Crippen molar-refractivity contribution in [3.8, 4) is 5.82 Å². The minimum Gasteiger partial charge on any atom is -0.363 e. The summed E-state index contributed by atoms with van der Waals surface area (Å²) in [6, 6.07) is 10.9. The first-order valence-electron chi connectivity index (χ1n) is 10.9. The van der Waals surface area contributed by atoms with Crippen molar-refractivity contribution in [1.29, 1.82) is 0 Å². The molecular formula is C23H31N7S. The molecule has 1 aliphatic rings. The lowest BCUT2D eigenvalue weighted by molar-refractivity contribution is 0.463. The van der Waals surface area contributed by atoms with Gasteiger partial charge in [-0.05, 0) is 68.8 Å². The van der Waals surface area contributed by atoms with Gasteiger partial charge in [-0.25, -0.2) is 14.7 Å². The van der Waals surface area contributed by atoms with Crippen LogP contribution in [0.1, 0.15) is 36.7 Å². The number of hydrogen-bond acceptors (Lipinski definition) is 5. The highest BCUT2D eigenvalue weighted by Crippen LogP contribution is 2.24. The van der Waals surface area contributed by atoms with Crippen molar-refractivity contribution in [2.75, 3.05) is 24.5 Å². The highest BCUT2D eigenvalue weighted by Gasteiger charge is 2.20. The molecular weight excluding hydrogens is 406 g/mol. The summed E-state index contributed by atoms with van der Waals surface area (Å²) in [5.74, 6) is 1.71. The number of rotatable bonds is 6. The second-order valence-electron chi connectivity index (χ2n) is 7.92. The summed E-state index contributed by atoms with van der Waals surface area (Å²) < 4.78 is 1.87. The molecule has 3 aromatic rings. The maximum atomic E-state index is 4.79. The van der Waals surface area contributed by atoms with Crippen LogP contribution >= 0.6 is 11.3 Å². The number of anilines is 1. The summed E-state index contributed by atoms with van der Waals surface area (Å²) in [6.07, 6.45) is 4.11. The van der Waals surface area contributed by atoms with Crippen LogP contribution in [-0.2, 0) is 6.54 Å². The molecule has 1 saturated heterocycles. The number of hydrogen-bond donors (Lipinski definition) is 2. The fraction of sp³-hybridized carbons (Fsp3) is 0.435. The van der Waals surface area contributed by atoms with Gasteiger partial charge in [0.2, 0.25) is 0 Å². The predicted molar refractivity (Wildman–Crippen MR) is 128 cm³/mol. The van der Waals surface area contributed by atoms with Crippen LogP contribution in [-0.4, -0.2) is 46.4 Å². The summed E-state index contributed by atoms with van der Waals surface area (Å²) in [6.45, 7) is 9.72. The maximum Gasteiger partial charge on any atom is 0.191 e. The van der Waals surface area contributed by atoms with Crippen LogP contribution in [0.2, 0.25) is 0 Å². The monoisotopic (exact) mass is 437 g/mol. The Labute approximate surface area is 188 Å². The Balaban J connectivity index is 1.34. The molecule has 7 nitrogen and oxygen atoms in total. The van der Waals surface area contributed by atoms with E-state index in [1.165, 1.54) is 5.00 Å². The molecule has 0 spiro atoms. The Kier molecular flexibility index (Phi) is 6.86. The van der Waals surface area contributed by atoms with Crippen LogP contribution in [0.15, 0.2) is 46.9 Å². The number of thiophene rings is 1. The number of piperidine rings is 1. The fourth-order valence-corrected chi connectivity index (χ4v) is 4.66. The molecule has 2 N–H and O–H groups in total. The van der Waals surface area contributed by atoms with Gasteiger partial charge in [0.05, 0.1) is 17.2 Å². The number of nitrogens with one attached hydrogen (secondary N) is 2. The average Bonchev–Trinajstić information content (AvgIpc) is 3.43. The Morgan fingerprint density at radius 1 is 1.23 bits per heavy atom. The first-order valence-corrected chi connectivity index (χ1v) is 11.8. The Morgan fingerprint density at radius 2 is 2.06 bits per heavy atom. The summed E-state index contributed by atoms with van der Waals surface area (Å²) in [7, 11) is 0. The minimum absolute atomic E-state index is 0.445. The van der Waals surface area contributed by atoms with Gasteiger partial charge < -0.3 is 15.5 Å². The summed E-state index contributed by atoms with van der Waals surface area (Å²) in [5.41, 5.74) is 3.16. The molecule has 3 aromatic heterocycles. The first-order chi connectivity index (χ1) is 15.1. The second-order valence-corrected chi connectivity index (χ2v) is 8.84. The molecule has 0 aliphatic carbocycles. The number of guanidine groups is 1. The molecule has 0 aromatic carbocycles. The van der Waals surface area contributed by atoms with Crippen LogP contribution < -0.4 is 15.5 Å². The zero-order chi connectivity index (χ0) is 21.6. The van der Waals surface area contributed by atoms with Crippen molar-refractivity contribution >= 4 is 22.3 Å². The largest absolute Gasteiger partial charge is 0.363 e. The number of nitrogens with zero attached hydrogens (tertiary/aromatic N) is 5. The van der Waals surface area contributed by atoms with E-state index < -0.39 is 0 Å². The predicted octanol–water partition coefficient (Wildman–Crippen LogP) is 3.67. The van der Waals surface area contributed by atoms with E-state index in [1.54, 1.807) is 0 Å². The fourth-order valence-electron chi connectivity index (χ4n) is 3.87. The van der Waals surface area contributed by atoms with Crippen molar-refractivity contribution in [1.82, 2.24) is 25.4 Å². The van der Waals surface area contributed by atoms with Gasteiger partial charge in [0.25, 0.3) is 0 Å². The lowest BCUT2D eigenvalue weighted by Crippen LogP contribution is -2.48. The average molecular weight is 438 g/mol. The lowest BCUT2D eigenvalue weighted by atomic mass is 10.1. The molecule has 0 bridgehead atoms. The molecule has 0 radical (unpaired) electrons. The molecule has 1 fully saturated rings. The summed E-state index contributed by atoms with van der Waals surface area (Å²) in [4.78, 5) is 11.8. The highest BCUT2D eigenvalue weighted by atomic mass is 32.1. The molecule has 0 unspecified atom stereocenters. The van der Waals surface area contributed by atoms with Gasteiger partial charge in [0.15, 0.2) is 11.8 Å². The molecule has 164 valence electrons. The van der Waals surface area contributed by atoms with Crippen molar-refractivity contribution in [3.05, 3.63) is 58.9 Å². The molecule has 31 heavy (non-hydrogen) atoms. The standard InChI is InChI=1S/C23H31N7S/c1-4-24-23(27-20-9-11-29(12-10-20)22-6-5-13-31-22)26-16-19-7-8-21(25-15-19)30-18(3)14-17(2)28-30/h5-8,13-15,20H,4,9-12,16H2,1-3H3,(H2,24,26,27). The van der Waals surface area contributed by atoms with E-state index in [1.807, 2.05) is 42.1 Å². The van der Waals surface area contributed by atoms with E-state index in [4.69, 9.17) is 4.99 Å². The van der Waals surface area contributed by atoms with E-state index in [9.17, 15) is 0 Å². The zero-order valence-electron chi connectivity index (χ0n) is 18.5. The van der Waals surface area contributed by atoms with Gasteiger partial charge in [-0.3, -0.25) is 0 Å². The molecule has 8 heteroatoms. The van der Waals surface area contributed by atoms with Gasteiger partial charge in [0, 0.05) is 37.6 Å². The summed E-state index contributed by atoms with van der Waals surface area (Å²) >= 11 is 1.82. The smallest absolute Gasteiger partial charge is 0.191 e. The van der Waals surface area contributed by atoms with E-state index in [0.717, 1.165) is 61.2 Å².